The molecule has 0 saturated heterocycles. The van der Waals surface area contributed by atoms with Crippen LogP contribution in [0.1, 0.15) is 52.7 Å². The number of nitrogens with zero attached hydrogens (tertiary/aromatic N) is 2. The molecule has 0 aliphatic carbocycles. The van der Waals surface area contributed by atoms with E-state index in [2.05, 4.69) is 100 Å². The van der Waals surface area contributed by atoms with Crippen molar-refractivity contribution in [1.29, 1.82) is 0 Å². The lowest BCUT2D eigenvalue weighted by Crippen LogP contribution is -2.17. The number of benzene rings is 2. The van der Waals surface area contributed by atoms with Gasteiger partial charge in [-0.1, -0.05) is 87.4 Å². The molecule has 198 valence electrons. The normalized spacial score (nSPS) is 13.3. The van der Waals surface area contributed by atoms with Crippen molar-refractivity contribution in [3.8, 4) is 0 Å². The Balaban J connectivity index is 1.60. The number of hydrogen-bond acceptors (Lipinski definition) is 6. The lowest BCUT2D eigenvalue weighted by atomic mass is 10.1. The van der Waals surface area contributed by atoms with Crippen LogP contribution in [0.3, 0.4) is 0 Å². The third-order valence-corrected chi connectivity index (χ3v) is 9.06. The Labute approximate surface area is 235 Å². The van der Waals surface area contributed by atoms with Crippen LogP contribution in [0.2, 0.25) is 0 Å². The minimum atomic E-state index is 0.227. The zero-order valence-corrected chi connectivity index (χ0v) is 25.8. The van der Waals surface area contributed by atoms with E-state index in [1.54, 1.807) is 21.6 Å². The fourth-order valence-electron chi connectivity index (χ4n) is 3.11. The highest BCUT2D eigenvalue weighted by Crippen LogP contribution is 2.32. The Morgan fingerprint density at radius 1 is 0.611 bits per heavy atom. The highest BCUT2D eigenvalue weighted by molar-refractivity contribution is 8.77. The van der Waals surface area contributed by atoms with Gasteiger partial charge in [0.15, 0.2) is 0 Å². The van der Waals surface area contributed by atoms with Gasteiger partial charge >= 0.3 is 0 Å². The van der Waals surface area contributed by atoms with Crippen molar-refractivity contribution >= 4 is 56.8 Å². The summed E-state index contributed by atoms with van der Waals surface area (Å²) < 4.78 is 0.454. The summed E-state index contributed by atoms with van der Waals surface area (Å²) in [5, 5.41) is 0. The Bertz CT molecular complexity index is 891. The average molecular weight is 563 g/mol. The molecule has 0 aliphatic rings. The molecule has 4 N–H and O–H groups in total. The maximum Gasteiger partial charge on any atom is 0.105 e. The first-order chi connectivity index (χ1) is 16.9. The number of hydrogen-bond donors (Lipinski definition) is 2. The molecule has 0 aliphatic heterocycles. The smallest absolute Gasteiger partial charge is 0.105 e. The van der Waals surface area contributed by atoms with Crippen molar-refractivity contribution in [1.82, 2.24) is 0 Å². The second-order valence-corrected chi connectivity index (χ2v) is 16.8. The van der Waals surface area contributed by atoms with E-state index in [-0.39, 0.29) is 9.49 Å². The van der Waals surface area contributed by atoms with Crippen LogP contribution in [0.4, 0.5) is 0 Å². The van der Waals surface area contributed by atoms with Gasteiger partial charge in [0.2, 0.25) is 0 Å². The predicted molar refractivity (Wildman–Crippen MR) is 169 cm³/mol. The standard InChI is InChI=1S/C28H42N4S4/c1-27(2,3)35-23-11-7-21(8-12-23)15-17-31-25(29)19-33-34-20-26(30)32-18-16-22-9-13-24(14-10-22)36-28(4,5)6/h7-14H,15-20H2,1-6H3,(H2,29,31)(H2,30,32). The molecule has 2 aromatic rings. The van der Waals surface area contributed by atoms with Gasteiger partial charge in [0.1, 0.15) is 11.7 Å². The summed E-state index contributed by atoms with van der Waals surface area (Å²) in [4.78, 5) is 11.6. The minimum absolute atomic E-state index is 0.227. The molecule has 0 fully saturated rings. The Hall–Kier alpha value is -1.22. The van der Waals surface area contributed by atoms with Gasteiger partial charge in [-0.05, 0) is 48.2 Å². The molecule has 4 nitrogen and oxygen atoms in total. The van der Waals surface area contributed by atoms with E-state index in [0.717, 1.165) is 12.8 Å². The fraction of sp³-hybridized carbons (Fsp3) is 0.500. The highest BCUT2D eigenvalue weighted by Gasteiger charge is 2.12. The molecule has 0 aromatic heterocycles. The number of nitrogens with two attached hydrogens (primary N) is 2. The van der Waals surface area contributed by atoms with Crippen LogP contribution in [-0.4, -0.2) is 45.8 Å². The first-order valence-electron chi connectivity index (χ1n) is 12.3. The van der Waals surface area contributed by atoms with Crippen molar-refractivity contribution in [2.75, 3.05) is 24.6 Å². The minimum Gasteiger partial charge on any atom is -0.387 e. The molecule has 0 heterocycles. The van der Waals surface area contributed by atoms with Gasteiger partial charge in [-0.15, -0.1) is 23.5 Å². The first-order valence-corrected chi connectivity index (χ1v) is 16.4. The molecule has 0 radical (unpaired) electrons. The maximum atomic E-state index is 6.09. The number of rotatable bonds is 13. The third kappa shape index (κ3) is 14.5. The van der Waals surface area contributed by atoms with Gasteiger partial charge in [-0.25, -0.2) is 0 Å². The quantitative estimate of drug-likeness (QED) is 0.0874. The van der Waals surface area contributed by atoms with Crippen LogP contribution < -0.4 is 11.5 Å². The van der Waals surface area contributed by atoms with E-state index in [4.69, 9.17) is 11.5 Å². The van der Waals surface area contributed by atoms with E-state index < -0.39 is 0 Å². The van der Waals surface area contributed by atoms with E-state index in [1.165, 1.54) is 20.9 Å². The van der Waals surface area contributed by atoms with E-state index >= 15 is 0 Å². The van der Waals surface area contributed by atoms with Crippen molar-refractivity contribution in [3.63, 3.8) is 0 Å². The molecule has 8 heteroatoms. The van der Waals surface area contributed by atoms with Gasteiger partial charge in [0, 0.05) is 32.4 Å². The predicted octanol–water partition coefficient (Wildman–Crippen LogP) is 7.35. The zero-order chi connectivity index (χ0) is 26.6. The Morgan fingerprint density at radius 3 is 1.25 bits per heavy atom. The van der Waals surface area contributed by atoms with Gasteiger partial charge in [-0.2, -0.15) is 0 Å². The Kier molecular flexibility index (Phi) is 13.1. The van der Waals surface area contributed by atoms with E-state index in [9.17, 15) is 0 Å². The molecule has 2 aromatic carbocycles. The van der Waals surface area contributed by atoms with Crippen molar-refractivity contribution < 1.29 is 0 Å². The summed E-state index contributed by atoms with van der Waals surface area (Å²) in [6.07, 6.45) is 1.80. The number of thioether (sulfide) groups is 2. The summed E-state index contributed by atoms with van der Waals surface area (Å²) in [5.74, 6) is 2.74. The zero-order valence-electron chi connectivity index (χ0n) is 22.5. The number of amidine groups is 2. The van der Waals surface area contributed by atoms with Crippen LogP contribution >= 0.6 is 45.1 Å². The molecule has 0 atom stereocenters. The number of aliphatic imine (C=N–C) groups is 2. The molecule has 0 spiro atoms. The molecule has 2 rings (SSSR count). The third-order valence-electron chi connectivity index (χ3n) is 4.62. The molecule has 0 unspecified atom stereocenters. The molecular weight excluding hydrogens is 521 g/mol. The van der Waals surface area contributed by atoms with Crippen LogP contribution in [0.5, 0.6) is 0 Å². The van der Waals surface area contributed by atoms with Gasteiger partial charge < -0.3 is 11.5 Å². The highest BCUT2D eigenvalue weighted by atomic mass is 33.1. The second kappa shape index (κ2) is 15.3. The van der Waals surface area contributed by atoms with Crippen LogP contribution in [0.25, 0.3) is 0 Å². The topological polar surface area (TPSA) is 76.8 Å². The maximum absolute atomic E-state index is 6.09. The van der Waals surface area contributed by atoms with Gasteiger partial charge in [0.25, 0.3) is 0 Å². The summed E-state index contributed by atoms with van der Waals surface area (Å²) in [7, 11) is 3.35. The first kappa shape index (κ1) is 31.0. The van der Waals surface area contributed by atoms with Gasteiger partial charge in [-0.3, -0.25) is 9.98 Å². The largest absolute Gasteiger partial charge is 0.387 e. The van der Waals surface area contributed by atoms with Crippen LogP contribution in [0, 0.1) is 0 Å². The molecule has 0 saturated carbocycles. The Morgan fingerprint density at radius 2 is 0.944 bits per heavy atom. The van der Waals surface area contributed by atoms with Crippen molar-refractivity contribution in [3.05, 3.63) is 59.7 Å². The SMILES string of the molecule is CC(C)(C)Sc1ccc(CCN=C(N)CSSCC(N)=NCCc2ccc(SC(C)(C)C)cc2)cc1. The lowest BCUT2D eigenvalue weighted by molar-refractivity contribution is 0.802. The average Bonchev–Trinajstić information content (AvgIpc) is 2.77. The molecule has 36 heavy (non-hydrogen) atoms. The van der Waals surface area contributed by atoms with Crippen molar-refractivity contribution in [2.24, 2.45) is 21.5 Å². The molecule has 0 bridgehead atoms. The summed E-state index contributed by atoms with van der Waals surface area (Å²) in [6.45, 7) is 14.8. The molecular formula is C28H42N4S4. The van der Waals surface area contributed by atoms with Crippen LogP contribution in [-0.2, 0) is 12.8 Å². The summed E-state index contributed by atoms with van der Waals surface area (Å²) >= 11 is 3.77. The fourth-order valence-corrected chi connectivity index (χ4v) is 6.88. The lowest BCUT2D eigenvalue weighted by Gasteiger charge is -2.17. The molecule has 0 amide bonds. The monoisotopic (exact) mass is 562 g/mol. The summed E-state index contributed by atoms with van der Waals surface area (Å²) in [5.41, 5.74) is 14.7. The van der Waals surface area contributed by atoms with Gasteiger partial charge in [0.05, 0.1) is 11.5 Å². The van der Waals surface area contributed by atoms with E-state index in [0.29, 0.717) is 36.3 Å². The van der Waals surface area contributed by atoms with Crippen molar-refractivity contribution in [2.45, 2.75) is 73.7 Å². The van der Waals surface area contributed by atoms with Crippen LogP contribution in [0.15, 0.2) is 68.3 Å². The second-order valence-electron chi connectivity index (χ2n) is 10.5. The summed E-state index contributed by atoms with van der Waals surface area (Å²) in [6, 6.07) is 17.5. The van der Waals surface area contributed by atoms with E-state index in [1.807, 2.05) is 23.5 Å².